The van der Waals surface area contributed by atoms with Gasteiger partial charge in [-0.15, -0.1) is 18.7 Å². The molecule has 0 heterocycles. The third-order valence-corrected chi connectivity index (χ3v) is 10.1. The molecule has 0 unspecified atom stereocenters. The third-order valence-electron chi connectivity index (χ3n) is 4.84. The van der Waals surface area contributed by atoms with Gasteiger partial charge in [-0.2, -0.15) is 0 Å². The minimum Gasteiger partial charge on any atom is -1.00 e. The summed E-state index contributed by atoms with van der Waals surface area (Å²) in [5, 5.41) is 0. The minimum atomic E-state index is -1.63. The predicted octanol–water partition coefficient (Wildman–Crippen LogP) is 1.82. The van der Waals surface area contributed by atoms with Gasteiger partial charge < -0.3 is 17.0 Å². The largest absolute Gasteiger partial charge is 1.00 e. The molecule has 4 nitrogen and oxygen atoms in total. The van der Waals surface area contributed by atoms with Crippen LogP contribution in [0.5, 0.6) is 0 Å². The monoisotopic (exact) mass is 426 g/mol. The first-order valence-electron chi connectivity index (χ1n) is 9.99. The highest BCUT2D eigenvalue weighted by molar-refractivity contribution is 7.66. The van der Waals surface area contributed by atoms with Gasteiger partial charge in [-0.1, -0.05) is 13.3 Å². The van der Waals surface area contributed by atoms with E-state index < -0.39 is 7.87 Å². The molecule has 0 fully saturated rings. The first kappa shape index (κ1) is 27.0. The van der Waals surface area contributed by atoms with Crippen molar-refractivity contribution >= 4 is 7.87 Å². The van der Waals surface area contributed by atoms with Crippen molar-refractivity contribution < 1.29 is 17.0 Å². The van der Waals surface area contributed by atoms with Gasteiger partial charge in [0.25, 0.3) is 0 Å². The van der Waals surface area contributed by atoms with Gasteiger partial charge in [0.05, 0.1) is 0 Å². The molecule has 0 bridgehead atoms. The number of unbranched alkanes of at least 4 members (excludes halogenated alkanes) is 1. The molecule has 0 spiro atoms. The second-order valence-corrected chi connectivity index (χ2v) is 9.19. The summed E-state index contributed by atoms with van der Waals surface area (Å²) >= 11 is 0. The molecule has 6 heteroatoms. The van der Waals surface area contributed by atoms with Crippen LogP contribution < -0.4 is 17.0 Å². The van der Waals surface area contributed by atoms with E-state index in [1.165, 1.54) is 19.4 Å². The van der Waals surface area contributed by atoms with E-state index in [4.69, 9.17) is 0 Å². The Morgan fingerprint density at radius 2 is 0.792 bits per heavy atom. The van der Waals surface area contributed by atoms with Crippen molar-refractivity contribution in [2.45, 2.75) is 68.2 Å². The first-order chi connectivity index (χ1) is 11.1. The summed E-state index contributed by atoms with van der Waals surface area (Å²) < 4.78 is 11.1. The lowest BCUT2D eigenvalue weighted by atomic mass is 10.3. The maximum absolute atomic E-state index is 2.82. The molecule has 148 valence electrons. The normalized spacial score (nSPS) is 12.5. The number of hydrogen-bond donors (Lipinski definition) is 0. The lowest BCUT2D eigenvalue weighted by Crippen LogP contribution is -3.00. The summed E-state index contributed by atoms with van der Waals surface area (Å²) in [7, 11) is -1.63. The summed E-state index contributed by atoms with van der Waals surface area (Å²) in [6.07, 6.45) is 2.56. The minimum absolute atomic E-state index is 0. The fourth-order valence-electron chi connectivity index (χ4n) is 3.71. The predicted molar refractivity (Wildman–Crippen MR) is 108 cm³/mol. The van der Waals surface area contributed by atoms with E-state index in [0.717, 1.165) is 45.8 Å². The van der Waals surface area contributed by atoms with Crippen molar-refractivity contribution in [2.24, 2.45) is 0 Å². The van der Waals surface area contributed by atoms with Crippen LogP contribution in [0.2, 0.25) is 0 Å². The lowest BCUT2D eigenvalue weighted by molar-refractivity contribution is -0.00000610. The van der Waals surface area contributed by atoms with Gasteiger partial charge in [0.1, 0.15) is 0 Å². The highest BCUT2D eigenvalue weighted by Crippen LogP contribution is 2.69. The quantitative estimate of drug-likeness (QED) is 0.392. The maximum Gasteiger partial charge on any atom is 0.308 e. The summed E-state index contributed by atoms with van der Waals surface area (Å²) in [6, 6.07) is 0. The smallest absolute Gasteiger partial charge is 0.308 e. The lowest BCUT2D eigenvalue weighted by Gasteiger charge is -2.50. The third kappa shape index (κ3) is 5.89. The molecule has 0 saturated heterocycles. The van der Waals surface area contributed by atoms with E-state index in [1.54, 1.807) is 0 Å². The Morgan fingerprint density at radius 3 is 1.00 bits per heavy atom. The van der Waals surface area contributed by atoms with Crippen molar-refractivity contribution in [3.8, 4) is 0 Å². The summed E-state index contributed by atoms with van der Waals surface area (Å²) in [4.78, 5) is 0. The molecule has 24 heavy (non-hydrogen) atoms. The van der Waals surface area contributed by atoms with Crippen LogP contribution in [-0.2, 0) is 0 Å². The highest BCUT2D eigenvalue weighted by atomic mass is 79.9. The van der Waals surface area contributed by atoms with Gasteiger partial charge in [-0.25, -0.2) is 0 Å². The van der Waals surface area contributed by atoms with Gasteiger partial charge in [-0.3, -0.25) is 0 Å². The van der Waals surface area contributed by atoms with Crippen LogP contribution in [0.3, 0.4) is 0 Å². The van der Waals surface area contributed by atoms with Gasteiger partial charge in [0, 0.05) is 52.4 Å². The van der Waals surface area contributed by atoms with Crippen LogP contribution in [0.25, 0.3) is 0 Å². The SMILES string of the molecule is CCCCN(CC)[P+](N(CC)CC)(N(CC)CC)N(CC)CC.[Br-]. The van der Waals surface area contributed by atoms with Crippen molar-refractivity contribution in [2.75, 3.05) is 52.4 Å². The molecule has 0 radical (unpaired) electrons. The van der Waals surface area contributed by atoms with E-state index >= 15 is 0 Å². The Hall–Kier alpha value is 0.750. The second kappa shape index (κ2) is 14.9. The molecule has 0 aliphatic rings. The first-order valence-corrected chi connectivity index (χ1v) is 11.6. The fourth-order valence-corrected chi connectivity index (χ4v) is 8.92. The van der Waals surface area contributed by atoms with E-state index in [9.17, 15) is 0 Å². The van der Waals surface area contributed by atoms with Gasteiger partial charge >= 0.3 is 7.87 Å². The molecular formula is C18H44BrN4P. The van der Waals surface area contributed by atoms with Gasteiger partial charge in [0.15, 0.2) is 0 Å². The Bertz CT molecular complexity index is 251. The van der Waals surface area contributed by atoms with Crippen molar-refractivity contribution in [3.05, 3.63) is 0 Å². The van der Waals surface area contributed by atoms with E-state index in [0.29, 0.717) is 0 Å². The Kier molecular flexibility index (Phi) is 16.7. The zero-order valence-corrected chi connectivity index (χ0v) is 20.2. The van der Waals surface area contributed by atoms with Crippen molar-refractivity contribution in [3.63, 3.8) is 0 Å². The van der Waals surface area contributed by atoms with E-state index in [-0.39, 0.29) is 17.0 Å². The van der Waals surface area contributed by atoms with Crippen LogP contribution in [0.1, 0.15) is 68.2 Å². The standard InChI is InChI=1S/C18H44N4P.BrH/c1-9-17-18-22(16-8)23(19(10-2)11-3,20(12-4)13-5)21(14-6)15-7;/h9-18H2,1-8H3;1H/q+1;/p-1. The van der Waals surface area contributed by atoms with Crippen LogP contribution in [0.4, 0.5) is 0 Å². The Labute approximate surface area is 164 Å². The fraction of sp³-hybridized carbons (Fsp3) is 1.00. The zero-order chi connectivity index (χ0) is 17.9. The number of rotatable bonds is 14. The molecule has 0 aromatic carbocycles. The number of hydrogen-bond acceptors (Lipinski definition) is 4. The average molecular weight is 427 g/mol. The molecule has 0 aliphatic heterocycles. The van der Waals surface area contributed by atoms with Crippen LogP contribution in [-0.4, -0.2) is 71.0 Å². The maximum atomic E-state index is 2.82. The Balaban J connectivity index is 0. The average Bonchev–Trinajstić information content (AvgIpc) is 2.58. The molecular weight excluding hydrogens is 383 g/mol. The van der Waals surface area contributed by atoms with Crippen LogP contribution >= 0.6 is 7.87 Å². The molecule has 0 aromatic heterocycles. The second-order valence-electron chi connectivity index (χ2n) is 5.85. The molecule has 0 amide bonds. The molecule has 0 aromatic rings. The molecule has 0 N–H and O–H groups in total. The van der Waals surface area contributed by atoms with Crippen molar-refractivity contribution in [1.29, 1.82) is 0 Å². The summed E-state index contributed by atoms with van der Waals surface area (Å²) in [6.45, 7) is 27.7. The molecule has 0 aliphatic carbocycles. The highest BCUT2D eigenvalue weighted by Gasteiger charge is 2.58. The van der Waals surface area contributed by atoms with Crippen molar-refractivity contribution in [1.82, 2.24) is 18.7 Å². The van der Waals surface area contributed by atoms with Gasteiger partial charge in [0.2, 0.25) is 0 Å². The number of nitrogens with zero attached hydrogens (tertiary/aromatic N) is 4. The molecule has 0 saturated carbocycles. The topological polar surface area (TPSA) is 13.0 Å². The van der Waals surface area contributed by atoms with Gasteiger partial charge in [-0.05, 0) is 54.9 Å². The van der Waals surface area contributed by atoms with E-state index in [2.05, 4.69) is 74.1 Å². The molecule has 0 atom stereocenters. The summed E-state index contributed by atoms with van der Waals surface area (Å²) in [5.74, 6) is 0. The number of halogens is 1. The zero-order valence-electron chi connectivity index (χ0n) is 17.7. The van der Waals surface area contributed by atoms with Crippen LogP contribution in [0, 0.1) is 0 Å². The van der Waals surface area contributed by atoms with Crippen LogP contribution in [0.15, 0.2) is 0 Å². The van der Waals surface area contributed by atoms with E-state index in [1.807, 2.05) is 0 Å². The summed E-state index contributed by atoms with van der Waals surface area (Å²) in [5.41, 5.74) is 0. The Morgan fingerprint density at radius 1 is 0.500 bits per heavy atom. The molecule has 0 rings (SSSR count).